The van der Waals surface area contributed by atoms with E-state index in [1.807, 2.05) is 0 Å². The van der Waals surface area contributed by atoms with Crippen LogP contribution >= 0.6 is 0 Å². The SMILES string of the molecule is CCCCCCCCN1CCC(NCCC)C(CC)C1. The summed E-state index contributed by atoms with van der Waals surface area (Å²) in [5.41, 5.74) is 0. The van der Waals surface area contributed by atoms with E-state index in [-0.39, 0.29) is 0 Å². The fourth-order valence-electron chi connectivity index (χ4n) is 3.44. The molecule has 2 nitrogen and oxygen atoms in total. The van der Waals surface area contributed by atoms with Gasteiger partial charge in [-0.1, -0.05) is 59.3 Å². The predicted octanol–water partition coefficient (Wildman–Crippen LogP) is 4.45. The highest BCUT2D eigenvalue weighted by Crippen LogP contribution is 2.21. The van der Waals surface area contributed by atoms with E-state index in [2.05, 4.69) is 31.0 Å². The van der Waals surface area contributed by atoms with Crippen molar-refractivity contribution in [2.24, 2.45) is 5.92 Å². The lowest BCUT2D eigenvalue weighted by atomic mass is 9.89. The Morgan fingerprint density at radius 2 is 1.70 bits per heavy atom. The molecular formula is C18H38N2. The summed E-state index contributed by atoms with van der Waals surface area (Å²) in [6.45, 7) is 12.1. The molecule has 1 rings (SSSR count). The maximum Gasteiger partial charge on any atom is 0.0120 e. The van der Waals surface area contributed by atoms with Crippen LogP contribution < -0.4 is 5.32 Å². The zero-order valence-corrected chi connectivity index (χ0v) is 14.3. The van der Waals surface area contributed by atoms with Crippen molar-refractivity contribution < 1.29 is 0 Å². The molecule has 1 N–H and O–H groups in total. The molecule has 0 aliphatic carbocycles. The average Bonchev–Trinajstić information content (AvgIpc) is 2.49. The van der Waals surface area contributed by atoms with Crippen molar-refractivity contribution in [1.82, 2.24) is 10.2 Å². The maximum absolute atomic E-state index is 3.76. The fourth-order valence-corrected chi connectivity index (χ4v) is 3.44. The molecule has 120 valence electrons. The topological polar surface area (TPSA) is 15.3 Å². The molecule has 0 aromatic rings. The summed E-state index contributed by atoms with van der Waals surface area (Å²) in [5.74, 6) is 0.871. The molecule has 20 heavy (non-hydrogen) atoms. The van der Waals surface area contributed by atoms with Crippen LogP contribution in [0.1, 0.15) is 78.6 Å². The normalized spacial score (nSPS) is 24.1. The molecule has 1 aliphatic heterocycles. The van der Waals surface area contributed by atoms with Crippen LogP contribution in [0.4, 0.5) is 0 Å². The van der Waals surface area contributed by atoms with Crippen LogP contribution in [0.25, 0.3) is 0 Å². The first-order valence-corrected chi connectivity index (χ1v) is 9.27. The van der Waals surface area contributed by atoms with Crippen molar-refractivity contribution in [3.63, 3.8) is 0 Å². The number of hydrogen-bond donors (Lipinski definition) is 1. The van der Waals surface area contributed by atoms with Gasteiger partial charge in [0.25, 0.3) is 0 Å². The van der Waals surface area contributed by atoms with Crippen LogP contribution in [0.2, 0.25) is 0 Å². The van der Waals surface area contributed by atoms with Gasteiger partial charge >= 0.3 is 0 Å². The van der Waals surface area contributed by atoms with Gasteiger partial charge in [0.05, 0.1) is 0 Å². The highest BCUT2D eigenvalue weighted by molar-refractivity contribution is 4.84. The van der Waals surface area contributed by atoms with Crippen LogP contribution in [0.3, 0.4) is 0 Å². The number of nitrogens with one attached hydrogen (secondary N) is 1. The van der Waals surface area contributed by atoms with Crippen molar-refractivity contribution in [1.29, 1.82) is 0 Å². The zero-order chi connectivity index (χ0) is 14.6. The molecule has 0 radical (unpaired) electrons. The zero-order valence-electron chi connectivity index (χ0n) is 14.3. The molecule has 0 amide bonds. The minimum atomic E-state index is 0.778. The van der Waals surface area contributed by atoms with Crippen LogP contribution in [0.5, 0.6) is 0 Å². The molecule has 2 unspecified atom stereocenters. The third kappa shape index (κ3) is 7.08. The summed E-state index contributed by atoms with van der Waals surface area (Å²) >= 11 is 0. The Hall–Kier alpha value is -0.0800. The van der Waals surface area contributed by atoms with E-state index in [1.54, 1.807) is 0 Å². The van der Waals surface area contributed by atoms with Crippen molar-refractivity contribution in [2.45, 2.75) is 84.6 Å². The Bertz CT molecular complexity index is 217. The molecule has 0 saturated carbocycles. The Morgan fingerprint density at radius 1 is 0.950 bits per heavy atom. The Labute approximate surface area is 127 Å². The third-order valence-electron chi connectivity index (χ3n) is 4.83. The molecule has 0 aromatic heterocycles. The van der Waals surface area contributed by atoms with E-state index in [1.165, 1.54) is 84.0 Å². The van der Waals surface area contributed by atoms with Gasteiger partial charge in [-0.15, -0.1) is 0 Å². The monoisotopic (exact) mass is 282 g/mol. The van der Waals surface area contributed by atoms with Crippen molar-refractivity contribution in [3.8, 4) is 0 Å². The maximum atomic E-state index is 3.76. The molecule has 1 aliphatic rings. The molecule has 2 heteroatoms. The van der Waals surface area contributed by atoms with E-state index < -0.39 is 0 Å². The Balaban J connectivity index is 2.13. The standard InChI is InChI=1S/C18H38N2/c1-4-7-8-9-10-11-14-20-15-12-18(19-13-5-2)17(6-3)16-20/h17-19H,4-16H2,1-3H3. The summed E-state index contributed by atoms with van der Waals surface area (Å²) in [6.07, 6.45) is 12.5. The van der Waals surface area contributed by atoms with Gasteiger partial charge in [0.1, 0.15) is 0 Å². The van der Waals surface area contributed by atoms with Gasteiger partial charge in [-0.3, -0.25) is 0 Å². The molecular weight excluding hydrogens is 244 g/mol. The van der Waals surface area contributed by atoms with Crippen LogP contribution in [-0.2, 0) is 0 Å². The van der Waals surface area contributed by atoms with Gasteiger partial charge < -0.3 is 10.2 Å². The molecule has 1 fully saturated rings. The van der Waals surface area contributed by atoms with Gasteiger partial charge in [0.15, 0.2) is 0 Å². The van der Waals surface area contributed by atoms with E-state index in [0.29, 0.717) is 0 Å². The summed E-state index contributed by atoms with van der Waals surface area (Å²) in [7, 11) is 0. The molecule has 1 saturated heterocycles. The number of unbranched alkanes of at least 4 members (excludes halogenated alkanes) is 5. The van der Waals surface area contributed by atoms with Crippen LogP contribution in [0.15, 0.2) is 0 Å². The number of nitrogens with zero attached hydrogens (tertiary/aromatic N) is 1. The lowest BCUT2D eigenvalue weighted by Crippen LogP contribution is -2.49. The third-order valence-corrected chi connectivity index (χ3v) is 4.83. The van der Waals surface area contributed by atoms with Crippen LogP contribution in [0, 0.1) is 5.92 Å². The summed E-state index contributed by atoms with van der Waals surface area (Å²) in [5, 5.41) is 3.76. The Morgan fingerprint density at radius 3 is 2.40 bits per heavy atom. The smallest absolute Gasteiger partial charge is 0.0120 e. The molecule has 0 aromatic carbocycles. The largest absolute Gasteiger partial charge is 0.314 e. The second kappa shape index (κ2) is 11.6. The highest BCUT2D eigenvalue weighted by Gasteiger charge is 2.26. The number of rotatable bonds is 11. The van der Waals surface area contributed by atoms with Crippen molar-refractivity contribution >= 4 is 0 Å². The van der Waals surface area contributed by atoms with E-state index >= 15 is 0 Å². The number of likely N-dealkylation sites (tertiary alicyclic amines) is 1. The van der Waals surface area contributed by atoms with Gasteiger partial charge in [-0.25, -0.2) is 0 Å². The second-order valence-corrected chi connectivity index (χ2v) is 6.59. The minimum Gasteiger partial charge on any atom is -0.314 e. The van der Waals surface area contributed by atoms with Gasteiger partial charge in [-0.05, 0) is 44.8 Å². The minimum absolute atomic E-state index is 0.778. The van der Waals surface area contributed by atoms with Gasteiger partial charge in [0.2, 0.25) is 0 Å². The van der Waals surface area contributed by atoms with Gasteiger partial charge in [0, 0.05) is 12.6 Å². The lowest BCUT2D eigenvalue weighted by molar-refractivity contribution is 0.133. The summed E-state index contributed by atoms with van der Waals surface area (Å²) < 4.78 is 0. The number of hydrogen-bond acceptors (Lipinski definition) is 2. The molecule has 1 heterocycles. The first-order chi connectivity index (χ1) is 9.81. The fraction of sp³-hybridized carbons (Fsp3) is 1.00. The lowest BCUT2D eigenvalue weighted by Gasteiger charge is -2.39. The first-order valence-electron chi connectivity index (χ1n) is 9.27. The predicted molar refractivity (Wildman–Crippen MR) is 90.3 cm³/mol. The van der Waals surface area contributed by atoms with Gasteiger partial charge in [-0.2, -0.15) is 0 Å². The first kappa shape index (κ1) is 18.0. The van der Waals surface area contributed by atoms with Crippen molar-refractivity contribution in [2.75, 3.05) is 26.2 Å². The van der Waals surface area contributed by atoms with Crippen LogP contribution in [-0.4, -0.2) is 37.1 Å². The second-order valence-electron chi connectivity index (χ2n) is 6.59. The average molecular weight is 283 g/mol. The quantitative estimate of drug-likeness (QED) is 0.563. The highest BCUT2D eigenvalue weighted by atomic mass is 15.1. The molecule has 2 atom stereocenters. The van der Waals surface area contributed by atoms with E-state index in [4.69, 9.17) is 0 Å². The summed E-state index contributed by atoms with van der Waals surface area (Å²) in [4.78, 5) is 2.72. The molecule has 0 spiro atoms. The van der Waals surface area contributed by atoms with E-state index in [9.17, 15) is 0 Å². The summed E-state index contributed by atoms with van der Waals surface area (Å²) in [6, 6.07) is 0.778. The van der Waals surface area contributed by atoms with Crippen molar-refractivity contribution in [3.05, 3.63) is 0 Å². The molecule has 0 bridgehead atoms. The number of piperidine rings is 1. The Kier molecular flexibility index (Phi) is 10.4. The van der Waals surface area contributed by atoms with E-state index in [0.717, 1.165) is 12.0 Å².